The van der Waals surface area contributed by atoms with Crippen molar-refractivity contribution in [2.45, 2.75) is 33.6 Å². The number of benzene rings is 1. The van der Waals surface area contributed by atoms with Gasteiger partial charge in [-0.1, -0.05) is 13.8 Å². The van der Waals surface area contributed by atoms with Crippen LogP contribution in [0.1, 0.15) is 44.0 Å². The standard InChI is InChI=1S/C17H21NO3/c1-4-21-16(20)12-5-7-13(8-6-12)18-14-9-15(19)11-17(2,3)10-14/h5-9,18H,4,10-11H2,1-3H3. The molecule has 0 unspecified atom stereocenters. The van der Waals surface area contributed by atoms with Gasteiger partial charge in [0.15, 0.2) is 5.78 Å². The van der Waals surface area contributed by atoms with Gasteiger partial charge in [0, 0.05) is 23.9 Å². The second kappa shape index (κ2) is 6.12. The first-order valence-electron chi connectivity index (χ1n) is 7.17. The number of nitrogens with one attached hydrogen (secondary N) is 1. The van der Waals surface area contributed by atoms with Crippen molar-refractivity contribution in [1.29, 1.82) is 0 Å². The molecule has 1 aromatic rings. The minimum absolute atomic E-state index is 0.0148. The average Bonchev–Trinajstić information content (AvgIpc) is 2.37. The zero-order chi connectivity index (χ0) is 15.5. The van der Waals surface area contributed by atoms with Crippen LogP contribution in [0, 0.1) is 5.41 Å². The van der Waals surface area contributed by atoms with Crippen molar-refractivity contribution < 1.29 is 14.3 Å². The fraction of sp³-hybridized carbons (Fsp3) is 0.412. The SMILES string of the molecule is CCOC(=O)c1ccc(NC2=CC(=O)CC(C)(C)C2)cc1. The molecule has 0 radical (unpaired) electrons. The summed E-state index contributed by atoms with van der Waals surface area (Å²) in [6, 6.07) is 7.08. The maximum absolute atomic E-state index is 11.7. The first kappa shape index (κ1) is 15.3. The van der Waals surface area contributed by atoms with Crippen LogP contribution in [-0.4, -0.2) is 18.4 Å². The highest BCUT2D eigenvalue weighted by Crippen LogP contribution is 2.33. The van der Waals surface area contributed by atoms with E-state index in [9.17, 15) is 9.59 Å². The fourth-order valence-corrected chi connectivity index (χ4v) is 2.52. The lowest BCUT2D eigenvalue weighted by molar-refractivity contribution is -0.117. The van der Waals surface area contributed by atoms with Gasteiger partial charge >= 0.3 is 5.97 Å². The van der Waals surface area contributed by atoms with E-state index in [1.165, 1.54) is 0 Å². The fourth-order valence-electron chi connectivity index (χ4n) is 2.52. The Morgan fingerprint density at radius 2 is 1.90 bits per heavy atom. The van der Waals surface area contributed by atoms with Gasteiger partial charge in [0.2, 0.25) is 0 Å². The zero-order valence-corrected chi connectivity index (χ0v) is 12.7. The number of ketones is 1. The van der Waals surface area contributed by atoms with Crippen LogP contribution >= 0.6 is 0 Å². The number of hydrogen-bond acceptors (Lipinski definition) is 4. The Balaban J connectivity index is 2.07. The molecular weight excluding hydrogens is 266 g/mol. The van der Waals surface area contributed by atoms with E-state index >= 15 is 0 Å². The highest BCUT2D eigenvalue weighted by atomic mass is 16.5. The molecule has 1 aliphatic carbocycles. The lowest BCUT2D eigenvalue weighted by Gasteiger charge is -2.29. The molecule has 0 fully saturated rings. The predicted octanol–water partition coefficient (Wildman–Crippen LogP) is 3.55. The Labute approximate surface area is 125 Å². The van der Waals surface area contributed by atoms with E-state index in [0.29, 0.717) is 18.6 Å². The molecule has 1 N–H and O–H groups in total. The highest BCUT2D eigenvalue weighted by molar-refractivity contribution is 5.92. The second-order valence-electron chi connectivity index (χ2n) is 6.08. The first-order valence-corrected chi connectivity index (χ1v) is 7.17. The second-order valence-corrected chi connectivity index (χ2v) is 6.08. The van der Waals surface area contributed by atoms with Gasteiger partial charge < -0.3 is 10.1 Å². The lowest BCUT2D eigenvalue weighted by atomic mass is 9.79. The largest absolute Gasteiger partial charge is 0.462 e. The number of carbonyl (C=O) groups excluding carboxylic acids is 2. The van der Waals surface area contributed by atoms with Gasteiger partial charge in [-0.05, 0) is 43.0 Å². The molecule has 0 atom stereocenters. The van der Waals surface area contributed by atoms with Crippen molar-refractivity contribution in [1.82, 2.24) is 0 Å². The molecule has 0 amide bonds. The normalized spacial score (nSPS) is 17.1. The number of ether oxygens (including phenoxy) is 1. The van der Waals surface area contributed by atoms with E-state index in [1.54, 1.807) is 25.1 Å². The van der Waals surface area contributed by atoms with Crippen molar-refractivity contribution in [2.75, 3.05) is 11.9 Å². The zero-order valence-electron chi connectivity index (χ0n) is 12.7. The van der Waals surface area contributed by atoms with Crippen molar-refractivity contribution in [2.24, 2.45) is 5.41 Å². The minimum Gasteiger partial charge on any atom is -0.462 e. The Morgan fingerprint density at radius 3 is 2.48 bits per heavy atom. The lowest BCUT2D eigenvalue weighted by Crippen LogP contribution is -2.24. The monoisotopic (exact) mass is 287 g/mol. The third-order valence-electron chi connectivity index (χ3n) is 3.36. The first-order chi connectivity index (χ1) is 9.89. The van der Waals surface area contributed by atoms with Crippen molar-refractivity contribution in [3.8, 4) is 0 Å². The van der Waals surface area contributed by atoms with Gasteiger partial charge in [-0.15, -0.1) is 0 Å². The summed E-state index contributed by atoms with van der Waals surface area (Å²) in [5, 5.41) is 3.25. The highest BCUT2D eigenvalue weighted by Gasteiger charge is 2.27. The van der Waals surface area contributed by atoms with E-state index in [4.69, 9.17) is 4.74 Å². The number of esters is 1. The van der Waals surface area contributed by atoms with Crippen LogP contribution in [0.25, 0.3) is 0 Å². The Hall–Kier alpha value is -2.10. The molecule has 0 saturated carbocycles. The molecule has 4 heteroatoms. The third-order valence-corrected chi connectivity index (χ3v) is 3.36. The average molecular weight is 287 g/mol. The molecule has 21 heavy (non-hydrogen) atoms. The van der Waals surface area contributed by atoms with Gasteiger partial charge in [-0.3, -0.25) is 4.79 Å². The topological polar surface area (TPSA) is 55.4 Å². The molecule has 1 aliphatic rings. The van der Waals surface area contributed by atoms with Crippen molar-refractivity contribution in [3.63, 3.8) is 0 Å². The van der Waals surface area contributed by atoms with E-state index in [-0.39, 0.29) is 17.2 Å². The molecular formula is C17H21NO3. The van der Waals surface area contributed by atoms with E-state index in [1.807, 2.05) is 12.1 Å². The molecule has 0 heterocycles. The van der Waals surface area contributed by atoms with Crippen molar-refractivity contribution in [3.05, 3.63) is 41.6 Å². The maximum atomic E-state index is 11.7. The van der Waals surface area contributed by atoms with E-state index in [2.05, 4.69) is 19.2 Å². The Kier molecular flexibility index (Phi) is 4.46. The van der Waals surface area contributed by atoms with Crippen LogP contribution in [0.5, 0.6) is 0 Å². The molecule has 2 rings (SSSR count). The minimum atomic E-state index is -0.322. The van der Waals surface area contributed by atoms with Gasteiger partial charge in [0.25, 0.3) is 0 Å². The molecule has 1 aromatic carbocycles. The number of carbonyl (C=O) groups is 2. The summed E-state index contributed by atoms with van der Waals surface area (Å²) in [6.45, 7) is 6.32. The number of rotatable bonds is 4. The maximum Gasteiger partial charge on any atom is 0.338 e. The molecule has 0 bridgehead atoms. The molecule has 4 nitrogen and oxygen atoms in total. The summed E-state index contributed by atoms with van der Waals surface area (Å²) in [5.41, 5.74) is 2.29. The molecule has 0 spiro atoms. The number of allylic oxidation sites excluding steroid dienone is 2. The van der Waals surface area contributed by atoms with Crippen LogP contribution in [0.2, 0.25) is 0 Å². The Bertz CT molecular complexity index is 570. The smallest absolute Gasteiger partial charge is 0.338 e. The number of anilines is 1. The summed E-state index contributed by atoms with van der Waals surface area (Å²) in [7, 11) is 0. The predicted molar refractivity (Wildman–Crippen MR) is 82.1 cm³/mol. The van der Waals surface area contributed by atoms with Gasteiger partial charge in [-0.2, -0.15) is 0 Å². The molecule has 112 valence electrons. The van der Waals surface area contributed by atoms with E-state index in [0.717, 1.165) is 17.8 Å². The van der Waals surface area contributed by atoms with Gasteiger partial charge in [0.1, 0.15) is 0 Å². The quantitative estimate of drug-likeness (QED) is 0.860. The van der Waals surface area contributed by atoms with Gasteiger partial charge in [0.05, 0.1) is 12.2 Å². The molecule has 0 aromatic heterocycles. The van der Waals surface area contributed by atoms with Crippen LogP contribution in [0.15, 0.2) is 36.0 Å². The van der Waals surface area contributed by atoms with E-state index < -0.39 is 0 Å². The van der Waals surface area contributed by atoms with Crippen LogP contribution in [-0.2, 0) is 9.53 Å². The van der Waals surface area contributed by atoms with Crippen LogP contribution in [0.3, 0.4) is 0 Å². The van der Waals surface area contributed by atoms with Crippen molar-refractivity contribution >= 4 is 17.4 Å². The number of hydrogen-bond donors (Lipinski definition) is 1. The third kappa shape index (κ3) is 4.18. The van der Waals surface area contributed by atoms with Gasteiger partial charge in [-0.25, -0.2) is 4.79 Å². The summed E-state index contributed by atoms with van der Waals surface area (Å²) in [4.78, 5) is 23.3. The van der Waals surface area contributed by atoms with Crippen LogP contribution in [0.4, 0.5) is 5.69 Å². The summed E-state index contributed by atoms with van der Waals surface area (Å²) in [5.74, 6) is -0.172. The summed E-state index contributed by atoms with van der Waals surface area (Å²) < 4.78 is 4.94. The Morgan fingerprint density at radius 1 is 1.24 bits per heavy atom. The molecule has 0 saturated heterocycles. The molecule has 0 aliphatic heterocycles. The summed E-state index contributed by atoms with van der Waals surface area (Å²) >= 11 is 0. The van der Waals surface area contributed by atoms with Crippen LogP contribution < -0.4 is 5.32 Å². The summed E-state index contributed by atoms with van der Waals surface area (Å²) in [6.07, 6.45) is 3.09.